The molecule has 11 heavy (non-hydrogen) atoms. The molecule has 0 radical (unpaired) electrons. The van der Waals surface area contributed by atoms with E-state index in [-0.39, 0.29) is 11.3 Å². The number of carbonyl (C=O) groups is 1. The van der Waals surface area contributed by atoms with Gasteiger partial charge in [0.05, 0.1) is 5.92 Å². The van der Waals surface area contributed by atoms with Crippen LogP contribution in [-0.4, -0.2) is 11.1 Å². The lowest BCUT2D eigenvalue weighted by Gasteiger charge is -2.27. The molecule has 0 amide bonds. The van der Waals surface area contributed by atoms with Crippen molar-refractivity contribution in [2.45, 2.75) is 39.5 Å². The maximum absolute atomic E-state index is 10.7. The van der Waals surface area contributed by atoms with Gasteiger partial charge in [0.2, 0.25) is 0 Å². The Morgan fingerprint density at radius 1 is 1.45 bits per heavy atom. The van der Waals surface area contributed by atoms with E-state index in [1.54, 1.807) is 0 Å². The van der Waals surface area contributed by atoms with Crippen LogP contribution < -0.4 is 0 Å². The lowest BCUT2D eigenvalue weighted by molar-refractivity contribution is -0.145. The van der Waals surface area contributed by atoms with Crippen molar-refractivity contribution in [3.63, 3.8) is 0 Å². The first-order chi connectivity index (χ1) is 5.06. The van der Waals surface area contributed by atoms with Crippen LogP contribution in [0.15, 0.2) is 0 Å². The van der Waals surface area contributed by atoms with Crippen LogP contribution in [-0.2, 0) is 4.79 Å². The number of aliphatic carboxylic acids is 1. The second kappa shape index (κ2) is 2.84. The Kier molecular flexibility index (Phi) is 2.21. The van der Waals surface area contributed by atoms with Crippen molar-refractivity contribution in [1.29, 1.82) is 0 Å². The fraction of sp³-hybridized carbons (Fsp3) is 0.889. The van der Waals surface area contributed by atoms with E-state index < -0.39 is 5.97 Å². The number of rotatable bonds is 2. The minimum absolute atomic E-state index is 0.0752. The highest BCUT2D eigenvalue weighted by atomic mass is 16.4. The lowest BCUT2D eigenvalue weighted by atomic mass is 9.77. The predicted octanol–water partition coefficient (Wildman–Crippen LogP) is 2.29. The normalized spacial score (nSPS) is 24.9. The number of hydrogen-bond donors (Lipinski definition) is 1. The largest absolute Gasteiger partial charge is 0.481 e. The highest BCUT2D eigenvalue weighted by Gasteiger charge is 2.37. The highest BCUT2D eigenvalue weighted by molar-refractivity contribution is 5.70. The molecule has 1 rings (SSSR count). The summed E-state index contributed by atoms with van der Waals surface area (Å²) in [6.45, 7) is 3.92. The van der Waals surface area contributed by atoms with E-state index in [0.717, 1.165) is 12.8 Å². The third kappa shape index (κ3) is 1.55. The van der Waals surface area contributed by atoms with Crippen LogP contribution in [0.1, 0.15) is 39.5 Å². The van der Waals surface area contributed by atoms with Crippen LogP contribution >= 0.6 is 0 Å². The Morgan fingerprint density at radius 3 is 2.27 bits per heavy atom. The van der Waals surface area contributed by atoms with E-state index in [4.69, 9.17) is 5.11 Å². The summed E-state index contributed by atoms with van der Waals surface area (Å²) < 4.78 is 0. The van der Waals surface area contributed by atoms with Crippen molar-refractivity contribution in [2.24, 2.45) is 11.3 Å². The lowest BCUT2D eigenvalue weighted by Crippen LogP contribution is -2.28. The molecule has 0 bridgehead atoms. The molecule has 0 saturated heterocycles. The molecule has 0 aromatic heterocycles. The molecule has 0 spiro atoms. The van der Waals surface area contributed by atoms with Gasteiger partial charge in [-0.2, -0.15) is 0 Å². The van der Waals surface area contributed by atoms with Crippen molar-refractivity contribution in [3.05, 3.63) is 0 Å². The summed E-state index contributed by atoms with van der Waals surface area (Å²) in [7, 11) is 0. The zero-order valence-corrected chi connectivity index (χ0v) is 7.26. The summed E-state index contributed by atoms with van der Waals surface area (Å²) in [5, 5.41) is 8.81. The molecule has 0 aromatic carbocycles. The van der Waals surface area contributed by atoms with Crippen LogP contribution in [0.5, 0.6) is 0 Å². The predicted molar refractivity (Wildman–Crippen MR) is 43.4 cm³/mol. The number of carboxylic acid groups (broad SMARTS) is 1. The Labute approximate surface area is 67.6 Å². The molecule has 2 nitrogen and oxygen atoms in total. The van der Waals surface area contributed by atoms with Crippen LogP contribution in [0.3, 0.4) is 0 Å². The van der Waals surface area contributed by atoms with Gasteiger partial charge in [0, 0.05) is 0 Å². The monoisotopic (exact) mass is 156 g/mol. The number of hydrogen-bond acceptors (Lipinski definition) is 1. The van der Waals surface area contributed by atoms with Crippen molar-refractivity contribution < 1.29 is 9.90 Å². The quantitative estimate of drug-likeness (QED) is 0.666. The van der Waals surface area contributed by atoms with Gasteiger partial charge in [-0.15, -0.1) is 0 Å². The molecule has 1 N–H and O–H groups in total. The van der Waals surface area contributed by atoms with E-state index in [1.807, 2.05) is 6.92 Å². The molecular formula is C9H16O2. The molecule has 1 fully saturated rings. The van der Waals surface area contributed by atoms with Crippen LogP contribution in [0.25, 0.3) is 0 Å². The Morgan fingerprint density at radius 2 is 1.91 bits per heavy atom. The maximum Gasteiger partial charge on any atom is 0.306 e. The smallest absolute Gasteiger partial charge is 0.306 e. The average Bonchev–Trinajstić information content (AvgIpc) is 2.35. The van der Waals surface area contributed by atoms with Crippen molar-refractivity contribution >= 4 is 5.97 Å². The van der Waals surface area contributed by atoms with Crippen molar-refractivity contribution in [2.75, 3.05) is 0 Å². The van der Waals surface area contributed by atoms with Gasteiger partial charge in [-0.1, -0.05) is 26.7 Å². The zero-order valence-electron chi connectivity index (χ0n) is 7.26. The van der Waals surface area contributed by atoms with E-state index in [2.05, 4.69) is 6.92 Å². The first-order valence-electron chi connectivity index (χ1n) is 4.29. The van der Waals surface area contributed by atoms with Gasteiger partial charge in [-0.3, -0.25) is 4.79 Å². The molecule has 1 aliphatic rings. The molecule has 0 heterocycles. The van der Waals surface area contributed by atoms with Crippen molar-refractivity contribution in [1.82, 2.24) is 0 Å². The van der Waals surface area contributed by atoms with Gasteiger partial charge in [0.25, 0.3) is 0 Å². The summed E-state index contributed by atoms with van der Waals surface area (Å²) in [6.07, 6.45) is 4.57. The fourth-order valence-electron chi connectivity index (χ4n) is 1.91. The fourth-order valence-corrected chi connectivity index (χ4v) is 1.91. The van der Waals surface area contributed by atoms with Gasteiger partial charge in [0.1, 0.15) is 0 Å². The van der Waals surface area contributed by atoms with Crippen LogP contribution in [0, 0.1) is 11.3 Å². The molecule has 0 aliphatic heterocycles. The molecule has 1 atom stereocenters. The summed E-state index contributed by atoms with van der Waals surface area (Å²) >= 11 is 0. The molecule has 64 valence electrons. The molecule has 0 aromatic rings. The Bertz CT molecular complexity index is 157. The summed E-state index contributed by atoms with van der Waals surface area (Å²) in [5.41, 5.74) is 0.0752. The number of carboxylic acids is 1. The molecule has 2 heteroatoms. The van der Waals surface area contributed by atoms with Gasteiger partial charge >= 0.3 is 5.97 Å². The third-order valence-corrected chi connectivity index (χ3v) is 3.16. The topological polar surface area (TPSA) is 37.3 Å². The van der Waals surface area contributed by atoms with Crippen LogP contribution in [0.2, 0.25) is 0 Å². The van der Waals surface area contributed by atoms with Gasteiger partial charge in [-0.25, -0.2) is 0 Å². The minimum Gasteiger partial charge on any atom is -0.481 e. The van der Waals surface area contributed by atoms with E-state index in [0.29, 0.717) is 0 Å². The Balaban J connectivity index is 2.63. The van der Waals surface area contributed by atoms with Gasteiger partial charge in [0.15, 0.2) is 0 Å². The summed E-state index contributed by atoms with van der Waals surface area (Å²) in [5.74, 6) is -0.820. The highest BCUT2D eigenvalue weighted by Crippen LogP contribution is 2.43. The molecule has 1 aliphatic carbocycles. The first-order valence-corrected chi connectivity index (χ1v) is 4.29. The maximum atomic E-state index is 10.7. The van der Waals surface area contributed by atoms with Crippen molar-refractivity contribution in [3.8, 4) is 0 Å². The molecule has 0 unspecified atom stereocenters. The third-order valence-electron chi connectivity index (χ3n) is 3.16. The van der Waals surface area contributed by atoms with E-state index >= 15 is 0 Å². The Hall–Kier alpha value is -0.530. The van der Waals surface area contributed by atoms with E-state index in [9.17, 15) is 4.79 Å². The van der Waals surface area contributed by atoms with Gasteiger partial charge < -0.3 is 5.11 Å². The summed E-state index contributed by atoms with van der Waals surface area (Å²) in [6, 6.07) is 0. The average molecular weight is 156 g/mol. The zero-order chi connectivity index (χ0) is 8.48. The van der Waals surface area contributed by atoms with E-state index in [1.165, 1.54) is 12.8 Å². The minimum atomic E-state index is -0.644. The van der Waals surface area contributed by atoms with Crippen LogP contribution in [0.4, 0.5) is 0 Å². The summed E-state index contributed by atoms with van der Waals surface area (Å²) in [4.78, 5) is 10.7. The molecule has 1 saturated carbocycles. The second-order valence-electron chi connectivity index (χ2n) is 3.92. The molecular weight excluding hydrogens is 140 g/mol. The standard InChI is InChI=1S/C9H16O2/c1-7(8(10)11)9(2)5-3-4-6-9/h7H,3-6H2,1-2H3,(H,10,11)/t7-/m0/s1. The second-order valence-corrected chi connectivity index (χ2v) is 3.92. The van der Waals surface area contributed by atoms with Gasteiger partial charge in [-0.05, 0) is 18.3 Å². The SMILES string of the molecule is C[C@@H](C(=O)O)C1(C)CCCC1. The first kappa shape index (κ1) is 8.57.